The Morgan fingerprint density at radius 3 is 2.58 bits per heavy atom. The van der Waals surface area contributed by atoms with Crippen LogP contribution in [0.5, 0.6) is 0 Å². The number of amides is 1. The number of nitrogens with zero attached hydrogens (tertiary/aromatic N) is 3. The summed E-state index contributed by atoms with van der Waals surface area (Å²) in [6, 6.07) is 0. The van der Waals surface area contributed by atoms with Crippen LogP contribution in [0.2, 0.25) is 0 Å². The summed E-state index contributed by atoms with van der Waals surface area (Å²) in [6.45, 7) is 10.7. The van der Waals surface area contributed by atoms with Crippen LogP contribution < -0.4 is 11.1 Å². The maximum atomic E-state index is 12.0. The second kappa shape index (κ2) is 4.59. The van der Waals surface area contributed by atoms with Gasteiger partial charge in [0.15, 0.2) is 5.69 Å². The summed E-state index contributed by atoms with van der Waals surface area (Å²) in [6.07, 6.45) is 1.63. The Hall–Kier alpha value is -1.43. The van der Waals surface area contributed by atoms with Crippen LogP contribution in [-0.4, -0.2) is 34.0 Å². The Morgan fingerprint density at radius 2 is 2.05 bits per heavy atom. The number of carbonyl (C=O) groups is 1. The largest absolute Gasteiger partial charge is 0.350 e. The molecule has 1 aromatic rings. The third kappa shape index (κ3) is 2.36. The monoisotopic (exact) mass is 265 g/mol. The minimum atomic E-state index is -0.165. The smallest absolute Gasteiger partial charge is 0.273 e. The Labute approximate surface area is 113 Å². The molecule has 0 spiro atoms. The number of aromatic nitrogens is 3. The van der Waals surface area contributed by atoms with E-state index in [9.17, 15) is 4.79 Å². The first kappa shape index (κ1) is 14.0. The lowest BCUT2D eigenvalue weighted by molar-refractivity contribution is 0.0945. The summed E-state index contributed by atoms with van der Waals surface area (Å²) in [4.78, 5) is 12.0. The highest BCUT2D eigenvalue weighted by Gasteiger charge is 2.64. The number of hydrogen-bond acceptors (Lipinski definition) is 4. The molecule has 1 amide bonds. The van der Waals surface area contributed by atoms with Gasteiger partial charge in [0.25, 0.3) is 5.91 Å². The summed E-state index contributed by atoms with van der Waals surface area (Å²) in [5, 5.41) is 10.6. The molecule has 0 radical (unpaired) electrons. The van der Waals surface area contributed by atoms with Gasteiger partial charge in [0, 0.05) is 13.1 Å². The molecule has 1 heterocycles. The van der Waals surface area contributed by atoms with Crippen molar-refractivity contribution in [2.75, 3.05) is 13.1 Å². The fourth-order valence-corrected chi connectivity index (χ4v) is 2.77. The Bertz CT molecular complexity index is 463. The second-order valence-electron chi connectivity index (χ2n) is 6.36. The molecule has 0 saturated heterocycles. The van der Waals surface area contributed by atoms with Crippen molar-refractivity contribution in [3.63, 3.8) is 0 Å². The van der Waals surface area contributed by atoms with Gasteiger partial charge in [0.2, 0.25) is 0 Å². The summed E-state index contributed by atoms with van der Waals surface area (Å²) in [7, 11) is 0. The normalized spacial score (nSPS) is 20.3. The Kier molecular flexibility index (Phi) is 3.38. The van der Waals surface area contributed by atoms with Crippen LogP contribution in [0.15, 0.2) is 6.20 Å². The van der Waals surface area contributed by atoms with Gasteiger partial charge in [0.1, 0.15) is 0 Å². The van der Waals surface area contributed by atoms with Crippen molar-refractivity contribution >= 4 is 5.91 Å². The first-order chi connectivity index (χ1) is 8.80. The lowest BCUT2D eigenvalue weighted by Gasteiger charge is -2.04. The average molecular weight is 265 g/mol. The van der Waals surface area contributed by atoms with E-state index in [4.69, 9.17) is 5.73 Å². The third-order valence-corrected chi connectivity index (χ3v) is 4.92. The van der Waals surface area contributed by atoms with Gasteiger partial charge in [-0.05, 0) is 16.7 Å². The fourth-order valence-electron chi connectivity index (χ4n) is 2.77. The van der Waals surface area contributed by atoms with Crippen molar-refractivity contribution in [1.29, 1.82) is 0 Å². The first-order valence-electron chi connectivity index (χ1n) is 6.69. The van der Waals surface area contributed by atoms with Crippen LogP contribution in [0.4, 0.5) is 0 Å². The predicted octanol–water partition coefficient (Wildman–Crippen LogP) is 0.649. The highest BCUT2D eigenvalue weighted by atomic mass is 16.2. The van der Waals surface area contributed by atoms with E-state index in [0.29, 0.717) is 31.2 Å². The molecule has 1 aliphatic rings. The molecule has 1 aliphatic carbocycles. The molecule has 1 saturated carbocycles. The van der Waals surface area contributed by atoms with Crippen molar-refractivity contribution in [2.45, 2.75) is 34.2 Å². The zero-order valence-electron chi connectivity index (χ0n) is 12.1. The van der Waals surface area contributed by atoms with Crippen LogP contribution in [0.25, 0.3) is 0 Å². The minimum absolute atomic E-state index is 0.165. The molecule has 0 aromatic carbocycles. The molecule has 6 nitrogen and oxygen atoms in total. The maximum absolute atomic E-state index is 12.0. The summed E-state index contributed by atoms with van der Waals surface area (Å²) < 4.78 is 1.58. The van der Waals surface area contributed by atoms with Gasteiger partial charge in [0.05, 0.1) is 12.7 Å². The fraction of sp³-hybridized carbons (Fsp3) is 0.769. The molecule has 0 aliphatic heterocycles. The van der Waals surface area contributed by atoms with Gasteiger partial charge in [-0.25, -0.2) is 0 Å². The molecule has 3 N–H and O–H groups in total. The van der Waals surface area contributed by atoms with E-state index >= 15 is 0 Å². The van der Waals surface area contributed by atoms with E-state index in [1.165, 1.54) is 0 Å². The van der Waals surface area contributed by atoms with E-state index in [1.807, 2.05) is 0 Å². The molecule has 106 valence electrons. The van der Waals surface area contributed by atoms with E-state index in [2.05, 4.69) is 43.3 Å². The standard InChI is InChI=1S/C13H23N5O/c1-12(2)10(13(12,3)4)7-15-11(19)9-8-18(6-5-14)17-16-9/h8,10H,5-7,14H2,1-4H3,(H,15,19). The maximum Gasteiger partial charge on any atom is 0.273 e. The van der Waals surface area contributed by atoms with Gasteiger partial charge >= 0.3 is 0 Å². The molecule has 19 heavy (non-hydrogen) atoms. The topological polar surface area (TPSA) is 85.8 Å². The molecule has 1 aromatic heterocycles. The second-order valence-corrected chi connectivity index (χ2v) is 6.36. The minimum Gasteiger partial charge on any atom is -0.350 e. The van der Waals surface area contributed by atoms with Crippen LogP contribution >= 0.6 is 0 Å². The Morgan fingerprint density at radius 1 is 1.42 bits per heavy atom. The lowest BCUT2D eigenvalue weighted by atomic mass is 10.0. The molecular formula is C13H23N5O. The van der Waals surface area contributed by atoms with Crippen molar-refractivity contribution in [3.8, 4) is 0 Å². The molecule has 0 bridgehead atoms. The van der Waals surface area contributed by atoms with Crippen molar-refractivity contribution in [2.24, 2.45) is 22.5 Å². The van der Waals surface area contributed by atoms with E-state index in [0.717, 1.165) is 0 Å². The summed E-state index contributed by atoms with van der Waals surface area (Å²) >= 11 is 0. The van der Waals surface area contributed by atoms with Crippen LogP contribution in [0.1, 0.15) is 38.2 Å². The summed E-state index contributed by atoms with van der Waals surface area (Å²) in [5.74, 6) is 0.338. The molecule has 0 atom stereocenters. The SMILES string of the molecule is CC1(C)C(CNC(=O)c2cn(CCN)nn2)C1(C)C. The van der Waals surface area contributed by atoms with E-state index in [1.54, 1.807) is 10.9 Å². The number of rotatable bonds is 5. The lowest BCUT2D eigenvalue weighted by Crippen LogP contribution is -2.27. The Balaban J connectivity index is 1.88. The van der Waals surface area contributed by atoms with Gasteiger partial charge < -0.3 is 11.1 Å². The average Bonchev–Trinajstić information content (AvgIpc) is 2.71. The zero-order chi connectivity index (χ0) is 14.3. The molecule has 2 rings (SSSR count). The van der Waals surface area contributed by atoms with Crippen molar-refractivity contribution in [1.82, 2.24) is 20.3 Å². The highest BCUT2D eigenvalue weighted by molar-refractivity contribution is 5.91. The number of carbonyl (C=O) groups excluding carboxylic acids is 1. The van der Waals surface area contributed by atoms with Crippen molar-refractivity contribution < 1.29 is 4.79 Å². The summed E-state index contributed by atoms with van der Waals surface area (Å²) in [5.41, 5.74) is 6.33. The third-order valence-electron chi connectivity index (χ3n) is 4.92. The highest BCUT2D eigenvalue weighted by Crippen LogP contribution is 2.67. The molecule has 0 unspecified atom stereocenters. The van der Waals surface area contributed by atoms with Gasteiger partial charge in [-0.1, -0.05) is 32.9 Å². The van der Waals surface area contributed by atoms with Crippen LogP contribution in [-0.2, 0) is 6.54 Å². The van der Waals surface area contributed by atoms with Crippen LogP contribution in [0, 0.1) is 16.7 Å². The first-order valence-corrected chi connectivity index (χ1v) is 6.69. The predicted molar refractivity (Wildman–Crippen MR) is 72.5 cm³/mol. The number of nitrogens with one attached hydrogen (secondary N) is 1. The van der Waals surface area contributed by atoms with Gasteiger partial charge in [-0.3, -0.25) is 9.48 Å². The molecule has 6 heteroatoms. The number of hydrogen-bond donors (Lipinski definition) is 2. The van der Waals surface area contributed by atoms with Gasteiger partial charge in [-0.2, -0.15) is 0 Å². The zero-order valence-corrected chi connectivity index (χ0v) is 12.1. The van der Waals surface area contributed by atoms with E-state index < -0.39 is 0 Å². The molecule has 1 fully saturated rings. The van der Waals surface area contributed by atoms with Crippen LogP contribution in [0.3, 0.4) is 0 Å². The van der Waals surface area contributed by atoms with Gasteiger partial charge in [-0.15, -0.1) is 5.10 Å². The molecular weight excluding hydrogens is 242 g/mol. The van der Waals surface area contributed by atoms with Crippen molar-refractivity contribution in [3.05, 3.63) is 11.9 Å². The van der Waals surface area contributed by atoms with E-state index in [-0.39, 0.29) is 16.7 Å². The number of nitrogens with two attached hydrogens (primary N) is 1. The quantitative estimate of drug-likeness (QED) is 0.818.